The first-order valence-corrected chi connectivity index (χ1v) is 9.16. The highest BCUT2D eigenvalue weighted by atomic mass is 16.1. The minimum absolute atomic E-state index is 0.0990. The van der Waals surface area contributed by atoms with Crippen LogP contribution < -0.4 is 5.32 Å². The lowest BCUT2D eigenvalue weighted by Gasteiger charge is -2.31. The number of imidazole rings is 1. The Morgan fingerprint density at radius 1 is 1.32 bits per heavy atom. The third-order valence-electron chi connectivity index (χ3n) is 5.23. The van der Waals surface area contributed by atoms with E-state index in [9.17, 15) is 4.79 Å². The Balaban J connectivity index is 1.56. The fourth-order valence-electron chi connectivity index (χ4n) is 3.53. The maximum Gasteiger partial charge on any atom is 0.227 e. The van der Waals surface area contributed by atoms with E-state index in [-0.39, 0.29) is 11.8 Å². The number of piperidine rings is 1. The first-order chi connectivity index (χ1) is 12.1. The smallest absolute Gasteiger partial charge is 0.227 e. The Kier molecular flexibility index (Phi) is 5.53. The molecule has 1 aliphatic heterocycles. The number of amides is 1. The molecule has 0 atom stereocenters. The van der Waals surface area contributed by atoms with E-state index in [4.69, 9.17) is 0 Å². The van der Waals surface area contributed by atoms with E-state index in [0.29, 0.717) is 0 Å². The maximum absolute atomic E-state index is 12.7. The van der Waals surface area contributed by atoms with Gasteiger partial charge in [0.15, 0.2) is 0 Å². The van der Waals surface area contributed by atoms with Crippen LogP contribution in [0.4, 0.5) is 5.69 Å². The van der Waals surface area contributed by atoms with Gasteiger partial charge in [-0.25, -0.2) is 4.98 Å². The lowest BCUT2D eigenvalue weighted by molar-refractivity contribution is -0.121. The molecule has 1 aromatic carbocycles. The molecule has 5 nitrogen and oxygen atoms in total. The van der Waals surface area contributed by atoms with E-state index in [1.807, 2.05) is 19.4 Å². The SMILES string of the molecule is CCc1cccc(C)c1NC(=O)C1CCN(Cc2nccn2C)CC1. The highest BCUT2D eigenvalue weighted by molar-refractivity contribution is 5.94. The lowest BCUT2D eigenvalue weighted by Crippen LogP contribution is -2.38. The van der Waals surface area contributed by atoms with E-state index in [2.05, 4.69) is 51.8 Å². The van der Waals surface area contributed by atoms with E-state index in [0.717, 1.165) is 56.0 Å². The second kappa shape index (κ2) is 7.83. The number of likely N-dealkylation sites (tertiary alicyclic amines) is 1. The Bertz CT molecular complexity index is 729. The molecule has 1 saturated heterocycles. The van der Waals surface area contributed by atoms with Gasteiger partial charge in [-0.15, -0.1) is 0 Å². The zero-order valence-corrected chi connectivity index (χ0v) is 15.5. The summed E-state index contributed by atoms with van der Waals surface area (Å²) in [6.07, 6.45) is 6.55. The second-order valence-electron chi connectivity index (χ2n) is 6.96. The number of aryl methyl sites for hydroxylation is 3. The van der Waals surface area contributed by atoms with Gasteiger partial charge < -0.3 is 9.88 Å². The van der Waals surface area contributed by atoms with Gasteiger partial charge >= 0.3 is 0 Å². The van der Waals surface area contributed by atoms with Crippen molar-refractivity contribution in [1.82, 2.24) is 14.5 Å². The zero-order valence-electron chi connectivity index (χ0n) is 15.5. The maximum atomic E-state index is 12.7. The van der Waals surface area contributed by atoms with Crippen molar-refractivity contribution in [3.8, 4) is 0 Å². The molecule has 1 fully saturated rings. The van der Waals surface area contributed by atoms with Gasteiger partial charge in [-0.1, -0.05) is 25.1 Å². The number of nitrogens with zero attached hydrogens (tertiary/aromatic N) is 3. The quantitative estimate of drug-likeness (QED) is 0.910. The van der Waals surface area contributed by atoms with Gasteiger partial charge in [0.2, 0.25) is 5.91 Å². The fourth-order valence-corrected chi connectivity index (χ4v) is 3.53. The van der Waals surface area contributed by atoms with E-state index < -0.39 is 0 Å². The zero-order chi connectivity index (χ0) is 17.8. The molecule has 0 saturated carbocycles. The van der Waals surface area contributed by atoms with Gasteiger partial charge in [-0.05, 0) is 50.4 Å². The average molecular weight is 340 g/mol. The number of carbonyl (C=O) groups is 1. The van der Waals surface area contributed by atoms with Crippen molar-refractivity contribution in [3.63, 3.8) is 0 Å². The van der Waals surface area contributed by atoms with Crippen LogP contribution in [0.5, 0.6) is 0 Å². The van der Waals surface area contributed by atoms with Crippen molar-refractivity contribution in [3.05, 3.63) is 47.5 Å². The van der Waals surface area contributed by atoms with Crippen LogP contribution in [0.2, 0.25) is 0 Å². The van der Waals surface area contributed by atoms with Crippen LogP contribution >= 0.6 is 0 Å². The fraction of sp³-hybridized carbons (Fsp3) is 0.500. The van der Waals surface area contributed by atoms with Crippen LogP contribution in [-0.2, 0) is 24.8 Å². The molecule has 1 aromatic heterocycles. The standard InChI is InChI=1S/C20H28N4O/c1-4-16-7-5-6-15(2)19(16)22-20(25)17-8-11-24(12-9-17)14-18-21-10-13-23(18)3/h5-7,10,13,17H,4,8-9,11-12,14H2,1-3H3,(H,22,25). The summed E-state index contributed by atoms with van der Waals surface area (Å²) in [6.45, 7) is 6.93. The third-order valence-corrected chi connectivity index (χ3v) is 5.23. The summed E-state index contributed by atoms with van der Waals surface area (Å²) in [5, 5.41) is 3.20. The number of carbonyl (C=O) groups excluding carboxylic acids is 1. The lowest BCUT2D eigenvalue weighted by atomic mass is 9.95. The Morgan fingerprint density at radius 3 is 2.72 bits per heavy atom. The number of hydrogen-bond donors (Lipinski definition) is 1. The molecule has 0 bridgehead atoms. The largest absolute Gasteiger partial charge is 0.337 e. The molecule has 1 N–H and O–H groups in total. The molecule has 3 rings (SSSR count). The molecular formula is C20H28N4O. The van der Waals surface area contributed by atoms with Crippen molar-refractivity contribution in [2.24, 2.45) is 13.0 Å². The number of aromatic nitrogens is 2. The Morgan fingerprint density at radius 2 is 2.08 bits per heavy atom. The minimum Gasteiger partial charge on any atom is -0.337 e. The van der Waals surface area contributed by atoms with Crippen LogP contribution in [-0.4, -0.2) is 33.4 Å². The van der Waals surface area contributed by atoms with Crippen LogP contribution in [0.25, 0.3) is 0 Å². The van der Waals surface area contributed by atoms with Crippen molar-refractivity contribution < 1.29 is 4.79 Å². The molecular weight excluding hydrogens is 312 g/mol. The van der Waals surface area contributed by atoms with E-state index >= 15 is 0 Å². The van der Waals surface area contributed by atoms with Gasteiger partial charge in [0, 0.05) is 31.0 Å². The summed E-state index contributed by atoms with van der Waals surface area (Å²) in [5.74, 6) is 1.35. The Labute approximate surface area is 150 Å². The number of anilines is 1. The third kappa shape index (κ3) is 4.10. The first-order valence-electron chi connectivity index (χ1n) is 9.16. The van der Waals surface area contributed by atoms with Crippen molar-refractivity contribution in [2.75, 3.05) is 18.4 Å². The Hall–Kier alpha value is -2.14. The number of rotatable bonds is 5. The van der Waals surface area contributed by atoms with Crippen molar-refractivity contribution in [2.45, 2.75) is 39.7 Å². The molecule has 5 heteroatoms. The molecule has 2 aromatic rings. The number of para-hydroxylation sites is 1. The summed E-state index contributed by atoms with van der Waals surface area (Å²) >= 11 is 0. The normalized spacial score (nSPS) is 16.1. The second-order valence-corrected chi connectivity index (χ2v) is 6.96. The van der Waals surface area contributed by atoms with Crippen molar-refractivity contribution in [1.29, 1.82) is 0 Å². The number of benzene rings is 1. The van der Waals surface area contributed by atoms with E-state index in [1.165, 1.54) is 5.56 Å². The van der Waals surface area contributed by atoms with E-state index in [1.54, 1.807) is 0 Å². The summed E-state index contributed by atoms with van der Waals surface area (Å²) in [6, 6.07) is 6.21. The van der Waals surface area contributed by atoms with Crippen molar-refractivity contribution >= 4 is 11.6 Å². The molecule has 134 valence electrons. The van der Waals surface area contributed by atoms with Crippen LogP contribution in [0.15, 0.2) is 30.6 Å². The molecule has 0 radical (unpaired) electrons. The summed E-state index contributed by atoms with van der Waals surface area (Å²) in [7, 11) is 2.02. The molecule has 0 unspecified atom stereocenters. The first kappa shape index (κ1) is 17.7. The van der Waals surface area contributed by atoms with Gasteiger partial charge in [-0.2, -0.15) is 0 Å². The molecule has 0 spiro atoms. The minimum atomic E-state index is 0.0990. The number of hydrogen-bond acceptors (Lipinski definition) is 3. The highest BCUT2D eigenvalue weighted by Gasteiger charge is 2.26. The van der Waals surface area contributed by atoms with Gasteiger partial charge in [0.05, 0.1) is 6.54 Å². The predicted molar refractivity (Wildman–Crippen MR) is 100 cm³/mol. The monoisotopic (exact) mass is 340 g/mol. The summed E-state index contributed by atoms with van der Waals surface area (Å²) < 4.78 is 2.06. The predicted octanol–water partition coefficient (Wildman–Crippen LogP) is 3.14. The molecule has 1 aliphatic rings. The topological polar surface area (TPSA) is 50.2 Å². The molecule has 25 heavy (non-hydrogen) atoms. The summed E-state index contributed by atoms with van der Waals surface area (Å²) in [4.78, 5) is 19.5. The molecule has 0 aliphatic carbocycles. The number of nitrogens with one attached hydrogen (secondary N) is 1. The van der Waals surface area contributed by atoms with Gasteiger partial charge in [0.1, 0.15) is 5.82 Å². The van der Waals surface area contributed by atoms with Crippen LogP contribution in [0.3, 0.4) is 0 Å². The van der Waals surface area contributed by atoms with Gasteiger partial charge in [-0.3, -0.25) is 9.69 Å². The molecule has 1 amide bonds. The summed E-state index contributed by atoms with van der Waals surface area (Å²) in [5.41, 5.74) is 3.35. The average Bonchev–Trinajstić information content (AvgIpc) is 3.02. The van der Waals surface area contributed by atoms with Crippen LogP contribution in [0, 0.1) is 12.8 Å². The van der Waals surface area contributed by atoms with Crippen LogP contribution in [0.1, 0.15) is 36.7 Å². The highest BCUT2D eigenvalue weighted by Crippen LogP contribution is 2.25. The molecule has 2 heterocycles. The van der Waals surface area contributed by atoms with Gasteiger partial charge in [0.25, 0.3) is 0 Å².